The molecule has 0 aliphatic heterocycles. The second kappa shape index (κ2) is 5.74. The number of carbonyl (C=O) groups is 2. The number of halogens is 3. The highest BCUT2D eigenvalue weighted by Crippen LogP contribution is 2.31. The number of carboxylic acids is 1. The van der Waals surface area contributed by atoms with Gasteiger partial charge in [0.05, 0.1) is 11.1 Å². The maximum Gasteiger partial charge on any atom is 0.417 e. The minimum absolute atomic E-state index is 0.250. The molecule has 0 aliphatic carbocycles. The molecule has 1 aromatic carbocycles. The summed E-state index contributed by atoms with van der Waals surface area (Å²) in [7, 11) is 0. The lowest BCUT2D eigenvalue weighted by atomic mass is 10.1. The molecule has 1 aromatic rings. The van der Waals surface area contributed by atoms with E-state index in [2.05, 4.69) is 0 Å². The third kappa shape index (κ3) is 3.99. The first-order valence-electron chi connectivity index (χ1n) is 3.82. The van der Waals surface area contributed by atoms with E-state index in [0.717, 1.165) is 18.2 Å². The third-order valence-corrected chi connectivity index (χ3v) is 1.46. The molecule has 0 unspecified atom stereocenters. The van der Waals surface area contributed by atoms with Crippen LogP contribution in [-0.2, 0) is 11.0 Å². The molecule has 0 amide bonds. The van der Waals surface area contributed by atoms with Crippen molar-refractivity contribution in [2.75, 3.05) is 0 Å². The maximum absolute atomic E-state index is 12.1. The first-order chi connectivity index (χ1) is 7.34. The number of alkyl halides is 3. The van der Waals surface area contributed by atoms with Crippen LogP contribution in [0.3, 0.4) is 0 Å². The van der Waals surface area contributed by atoms with Crippen LogP contribution >= 0.6 is 0 Å². The van der Waals surface area contributed by atoms with E-state index < -0.39 is 23.3 Å². The summed E-state index contributed by atoms with van der Waals surface area (Å²) in [6, 6.07) is 4.06. The van der Waals surface area contributed by atoms with E-state index in [1.54, 1.807) is 0 Å². The van der Waals surface area contributed by atoms with Gasteiger partial charge in [0.25, 0.3) is 6.47 Å². The summed E-state index contributed by atoms with van der Waals surface area (Å²) in [6.45, 7) is -0.250. The van der Waals surface area contributed by atoms with Crippen molar-refractivity contribution in [1.82, 2.24) is 0 Å². The van der Waals surface area contributed by atoms with E-state index in [0.29, 0.717) is 0 Å². The number of carboxylic acid groups (broad SMARTS) is 2. The van der Waals surface area contributed by atoms with Crippen LogP contribution < -0.4 is 0 Å². The predicted molar refractivity (Wildman–Crippen MR) is 47.1 cm³/mol. The normalized spacial score (nSPS) is 9.94. The number of aromatic carboxylic acids is 1. The van der Waals surface area contributed by atoms with Gasteiger partial charge in [-0.3, -0.25) is 4.79 Å². The van der Waals surface area contributed by atoms with E-state index >= 15 is 0 Å². The quantitative estimate of drug-likeness (QED) is 0.732. The Morgan fingerprint density at radius 2 is 1.69 bits per heavy atom. The lowest BCUT2D eigenvalue weighted by Crippen LogP contribution is -2.12. The number of rotatable bonds is 1. The van der Waals surface area contributed by atoms with Gasteiger partial charge in [-0.15, -0.1) is 0 Å². The standard InChI is InChI=1S/C8H5F3O2.CH2O2/c9-8(10,11)6-4-2-1-3-5(6)7(12)13;2-1-3/h1-4H,(H,12,13);1H,(H,2,3). The van der Waals surface area contributed by atoms with Crippen LogP contribution in [0.5, 0.6) is 0 Å². The van der Waals surface area contributed by atoms with Crippen molar-refractivity contribution < 1.29 is 33.0 Å². The summed E-state index contributed by atoms with van der Waals surface area (Å²) < 4.78 is 36.4. The number of hydrogen-bond donors (Lipinski definition) is 2. The van der Waals surface area contributed by atoms with Crippen molar-refractivity contribution in [2.45, 2.75) is 6.18 Å². The molecule has 7 heteroatoms. The first-order valence-corrected chi connectivity index (χ1v) is 3.82. The summed E-state index contributed by atoms with van der Waals surface area (Å²) in [6.07, 6.45) is -4.62. The highest BCUT2D eigenvalue weighted by atomic mass is 19.4. The van der Waals surface area contributed by atoms with Crippen LogP contribution in [0.1, 0.15) is 15.9 Å². The average molecular weight is 236 g/mol. The van der Waals surface area contributed by atoms with E-state index in [9.17, 15) is 18.0 Å². The Kier molecular flexibility index (Phi) is 5.00. The fourth-order valence-electron chi connectivity index (χ4n) is 0.917. The minimum atomic E-state index is -4.62. The van der Waals surface area contributed by atoms with Crippen LogP contribution in [0, 0.1) is 0 Å². The van der Waals surface area contributed by atoms with Crippen LogP contribution in [0.15, 0.2) is 24.3 Å². The van der Waals surface area contributed by atoms with Gasteiger partial charge in [-0.05, 0) is 12.1 Å². The highest BCUT2D eigenvalue weighted by Gasteiger charge is 2.34. The fourth-order valence-corrected chi connectivity index (χ4v) is 0.917. The predicted octanol–water partition coefficient (Wildman–Crippen LogP) is 2.10. The van der Waals surface area contributed by atoms with Crippen molar-refractivity contribution in [1.29, 1.82) is 0 Å². The van der Waals surface area contributed by atoms with E-state index in [1.807, 2.05) is 0 Å². The molecule has 0 saturated carbocycles. The Morgan fingerprint density at radius 1 is 1.25 bits per heavy atom. The Bertz CT molecular complexity index is 373. The Labute approximate surface area is 87.9 Å². The molecule has 1 rings (SSSR count). The van der Waals surface area contributed by atoms with Crippen LogP contribution in [0.25, 0.3) is 0 Å². The molecule has 0 aromatic heterocycles. The fraction of sp³-hybridized carbons (Fsp3) is 0.111. The molecular weight excluding hydrogens is 229 g/mol. The molecule has 0 saturated heterocycles. The van der Waals surface area contributed by atoms with Gasteiger partial charge in [-0.25, -0.2) is 4.79 Å². The summed E-state index contributed by atoms with van der Waals surface area (Å²) in [5.41, 5.74) is -1.85. The van der Waals surface area contributed by atoms with Gasteiger partial charge in [0.1, 0.15) is 0 Å². The van der Waals surface area contributed by atoms with Crippen LogP contribution in [0.2, 0.25) is 0 Å². The summed E-state index contributed by atoms with van der Waals surface area (Å²) >= 11 is 0. The maximum atomic E-state index is 12.1. The third-order valence-electron chi connectivity index (χ3n) is 1.46. The second-order valence-corrected chi connectivity index (χ2v) is 2.45. The lowest BCUT2D eigenvalue weighted by molar-refractivity contribution is -0.138. The molecule has 0 spiro atoms. The van der Waals surface area contributed by atoms with Gasteiger partial charge in [-0.2, -0.15) is 13.2 Å². The van der Waals surface area contributed by atoms with Gasteiger partial charge in [0.2, 0.25) is 0 Å². The molecule has 88 valence electrons. The molecule has 0 radical (unpaired) electrons. The molecule has 0 fully saturated rings. The molecular formula is C9H7F3O4. The van der Waals surface area contributed by atoms with E-state index in [1.165, 1.54) is 6.07 Å². The lowest BCUT2D eigenvalue weighted by Gasteiger charge is -2.08. The topological polar surface area (TPSA) is 74.6 Å². The van der Waals surface area contributed by atoms with Crippen molar-refractivity contribution >= 4 is 12.4 Å². The van der Waals surface area contributed by atoms with Crippen molar-refractivity contribution in [3.05, 3.63) is 35.4 Å². The van der Waals surface area contributed by atoms with Crippen molar-refractivity contribution in [2.24, 2.45) is 0 Å². The first kappa shape index (κ1) is 13.9. The van der Waals surface area contributed by atoms with Gasteiger partial charge >= 0.3 is 12.1 Å². The van der Waals surface area contributed by atoms with Crippen molar-refractivity contribution in [3.63, 3.8) is 0 Å². The zero-order valence-electron chi connectivity index (χ0n) is 7.73. The van der Waals surface area contributed by atoms with Gasteiger partial charge in [-0.1, -0.05) is 12.1 Å². The summed E-state index contributed by atoms with van der Waals surface area (Å²) in [5.74, 6) is -1.58. The molecule has 16 heavy (non-hydrogen) atoms. The summed E-state index contributed by atoms with van der Waals surface area (Å²) in [4.78, 5) is 18.7. The monoisotopic (exact) mass is 236 g/mol. The molecule has 0 heterocycles. The molecule has 0 bridgehead atoms. The molecule has 0 aliphatic rings. The van der Waals surface area contributed by atoms with Crippen molar-refractivity contribution in [3.8, 4) is 0 Å². The van der Waals surface area contributed by atoms with Crippen LogP contribution in [0.4, 0.5) is 13.2 Å². The van der Waals surface area contributed by atoms with Gasteiger partial charge in [0, 0.05) is 0 Å². The van der Waals surface area contributed by atoms with E-state index in [-0.39, 0.29) is 6.47 Å². The second-order valence-electron chi connectivity index (χ2n) is 2.45. The van der Waals surface area contributed by atoms with Crippen LogP contribution in [-0.4, -0.2) is 22.7 Å². The molecule has 2 N–H and O–H groups in total. The zero-order chi connectivity index (χ0) is 12.8. The largest absolute Gasteiger partial charge is 0.483 e. The van der Waals surface area contributed by atoms with Gasteiger partial charge < -0.3 is 10.2 Å². The SMILES string of the molecule is O=C(O)c1ccccc1C(F)(F)F.O=CO. The molecule has 4 nitrogen and oxygen atoms in total. The highest BCUT2D eigenvalue weighted by molar-refractivity contribution is 5.89. The number of benzene rings is 1. The Morgan fingerprint density at radius 3 is 2.00 bits per heavy atom. The smallest absolute Gasteiger partial charge is 0.417 e. The summed E-state index contributed by atoms with van der Waals surface area (Å²) in [5, 5.41) is 15.3. The van der Waals surface area contributed by atoms with Gasteiger partial charge in [0.15, 0.2) is 0 Å². The zero-order valence-corrected chi connectivity index (χ0v) is 7.73. The minimum Gasteiger partial charge on any atom is -0.483 e. The Balaban J connectivity index is 0.000000673. The average Bonchev–Trinajstić information content (AvgIpc) is 2.17. The number of hydrogen-bond acceptors (Lipinski definition) is 2. The molecule has 0 atom stereocenters. The van der Waals surface area contributed by atoms with E-state index in [4.69, 9.17) is 15.0 Å². The Hall–Kier alpha value is -2.05.